The number of carbonyl (C=O) groups is 4. The second-order valence-electron chi connectivity index (χ2n) is 4.97. The number of hydrogen-bond acceptors (Lipinski definition) is 4. The largest absolute Gasteiger partial charge is 0.359 e. The maximum absolute atomic E-state index is 11.8. The standard InChI is InChI=1S/C15H17N3O4/c1-16-12(19)8-10-2-4-11(5-3-10)17-13(20)9-18-14(21)6-7-15(18)22/h2-5H,6-9H2,1H3,(H,16,19)(H,17,20). The van der Waals surface area contributed by atoms with E-state index in [4.69, 9.17) is 0 Å². The number of benzene rings is 1. The molecule has 7 heteroatoms. The number of amides is 4. The van der Waals surface area contributed by atoms with Gasteiger partial charge in [-0.1, -0.05) is 12.1 Å². The van der Waals surface area contributed by atoms with E-state index in [0.717, 1.165) is 10.5 Å². The lowest BCUT2D eigenvalue weighted by Crippen LogP contribution is -2.36. The van der Waals surface area contributed by atoms with Crippen molar-refractivity contribution in [3.63, 3.8) is 0 Å². The average Bonchev–Trinajstić information content (AvgIpc) is 2.81. The van der Waals surface area contributed by atoms with Crippen LogP contribution in [0, 0.1) is 0 Å². The fraction of sp³-hybridized carbons (Fsp3) is 0.333. The van der Waals surface area contributed by atoms with Crippen LogP contribution in [0.2, 0.25) is 0 Å². The molecular formula is C15H17N3O4. The molecule has 1 aromatic carbocycles. The predicted octanol–water partition coefficient (Wildman–Crippen LogP) is 0.0626. The van der Waals surface area contributed by atoms with Crippen LogP contribution in [0.15, 0.2) is 24.3 Å². The highest BCUT2D eigenvalue weighted by molar-refractivity contribution is 6.06. The summed E-state index contributed by atoms with van der Waals surface area (Å²) in [5.41, 5.74) is 1.37. The Morgan fingerprint density at radius 2 is 1.64 bits per heavy atom. The summed E-state index contributed by atoms with van der Waals surface area (Å²) in [5, 5.41) is 5.15. The third kappa shape index (κ3) is 3.91. The quantitative estimate of drug-likeness (QED) is 0.752. The highest BCUT2D eigenvalue weighted by Gasteiger charge is 2.30. The minimum absolute atomic E-state index is 0.0946. The molecule has 7 nitrogen and oxygen atoms in total. The Balaban J connectivity index is 1.90. The smallest absolute Gasteiger partial charge is 0.244 e. The molecular weight excluding hydrogens is 286 g/mol. The summed E-state index contributed by atoms with van der Waals surface area (Å²) < 4.78 is 0. The molecule has 22 heavy (non-hydrogen) atoms. The topological polar surface area (TPSA) is 95.6 Å². The minimum Gasteiger partial charge on any atom is -0.359 e. The molecule has 4 amide bonds. The van der Waals surface area contributed by atoms with Crippen molar-refractivity contribution in [2.75, 3.05) is 18.9 Å². The van der Waals surface area contributed by atoms with Crippen molar-refractivity contribution < 1.29 is 19.2 Å². The number of likely N-dealkylation sites (N-methyl/N-ethyl adjacent to an activating group) is 1. The molecule has 116 valence electrons. The first kappa shape index (κ1) is 15.7. The second kappa shape index (κ2) is 6.84. The minimum atomic E-state index is -0.428. The lowest BCUT2D eigenvalue weighted by molar-refractivity contribution is -0.141. The Labute approximate surface area is 127 Å². The molecule has 1 aliphatic heterocycles. The molecule has 2 rings (SSSR count). The zero-order valence-electron chi connectivity index (χ0n) is 12.2. The van der Waals surface area contributed by atoms with Gasteiger partial charge in [0.1, 0.15) is 6.54 Å². The maximum atomic E-state index is 11.8. The van der Waals surface area contributed by atoms with Crippen molar-refractivity contribution in [1.82, 2.24) is 10.2 Å². The Kier molecular flexibility index (Phi) is 4.88. The molecule has 1 heterocycles. The molecule has 0 aromatic heterocycles. The van der Waals surface area contributed by atoms with Crippen molar-refractivity contribution in [3.8, 4) is 0 Å². The van der Waals surface area contributed by atoms with Gasteiger partial charge in [-0.3, -0.25) is 24.1 Å². The van der Waals surface area contributed by atoms with Crippen molar-refractivity contribution in [2.24, 2.45) is 0 Å². The molecule has 0 aliphatic carbocycles. The molecule has 0 radical (unpaired) electrons. The molecule has 0 bridgehead atoms. The first-order valence-corrected chi connectivity index (χ1v) is 6.92. The van der Waals surface area contributed by atoms with Crippen LogP contribution >= 0.6 is 0 Å². The molecule has 0 unspecified atom stereocenters. The molecule has 2 N–H and O–H groups in total. The summed E-state index contributed by atoms with van der Waals surface area (Å²) in [6, 6.07) is 6.81. The van der Waals surface area contributed by atoms with Gasteiger partial charge in [0, 0.05) is 25.6 Å². The zero-order valence-corrected chi connectivity index (χ0v) is 12.2. The van der Waals surface area contributed by atoms with Crippen LogP contribution in [-0.4, -0.2) is 42.1 Å². The van der Waals surface area contributed by atoms with Gasteiger partial charge in [0.25, 0.3) is 0 Å². The molecule has 1 fully saturated rings. The Morgan fingerprint density at radius 1 is 1.05 bits per heavy atom. The highest BCUT2D eigenvalue weighted by Crippen LogP contribution is 2.13. The summed E-state index contributed by atoms with van der Waals surface area (Å²) >= 11 is 0. The average molecular weight is 303 g/mol. The summed E-state index contributed by atoms with van der Waals surface area (Å²) in [7, 11) is 1.57. The third-order valence-corrected chi connectivity index (χ3v) is 3.34. The van der Waals surface area contributed by atoms with Crippen molar-refractivity contribution in [2.45, 2.75) is 19.3 Å². The molecule has 1 aliphatic rings. The van der Waals surface area contributed by atoms with Crippen LogP contribution in [0.25, 0.3) is 0 Å². The van der Waals surface area contributed by atoms with Gasteiger partial charge in [0.2, 0.25) is 23.6 Å². The number of likely N-dealkylation sites (tertiary alicyclic amines) is 1. The Bertz CT molecular complexity index is 594. The third-order valence-electron chi connectivity index (χ3n) is 3.34. The van der Waals surface area contributed by atoms with E-state index in [2.05, 4.69) is 10.6 Å². The SMILES string of the molecule is CNC(=O)Cc1ccc(NC(=O)CN2C(=O)CCC2=O)cc1. The van der Waals surface area contributed by atoms with Gasteiger partial charge in [-0.25, -0.2) is 0 Å². The van der Waals surface area contributed by atoms with Crippen LogP contribution in [0.1, 0.15) is 18.4 Å². The summed E-state index contributed by atoms with van der Waals surface area (Å²) in [6.45, 7) is -0.266. The first-order chi connectivity index (χ1) is 10.5. The second-order valence-corrected chi connectivity index (χ2v) is 4.97. The highest BCUT2D eigenvalue weighted by atomic mass is 16.2. The van der Waals surface area contributed by atoms with Gasteiger partial charge in [0.05, 0.1) is 6.42 Å². The van der Waals surface area contributed by atoms with Crippen molar-refractivity contribution in [3.05, 3.63) is 29.8 Å². The Hall–Kier alpha value is -2.70. The van der Waals surface area contributed by atoms with Gasteiger partial charge in [0.15, 0.2) is 0 Å². The number of hydrogen-bond donors (Lipinski definition) is 2. The lowest BCUT2D eigenvalue weighted by atomic mass is 10.1. The van der Waals surface area contributed by atoms with E-state index in [9.17, 15) is 19.2 Å². The number of imide groups is 1. The van der Waals surface area contributed by atoms with Gasteiger partial charge < -0.3 is 10.6 Å². The van der Waals surface area contributed by atoms with Gasteiger partial charge in [-0.2, -0.15) is 0 Å². The fourth-order valence-electron chi connectivity index (χ4n) is 2.12. The Morgan fingerprint density at radius 3 is 2.18 bits per heavy atom. The van der Waals surface area contributed by atoms with Crippen LogP contribution in [0.3, 0.4) is 0 Å². The first-order valence-electron chi connectivity index (χ1n) is 6.92. The van der Waals surface area contributed by atoms with Crippen LogP contribution in [0.5, 0.6) is 0 Å². The predicted molar refractivity (Wildman–Crippen MR) is 78.8 cm³/mol. The molecule has 0 spiro atoms. The van der Waals surface area contributed by atoms with E-state index < -0.39 is 5.91 Å². The van der Waals surface area contributed by atoms with E-state index in [1.807, 2.05) is 0 Å². The van der Waals surface area contributed by atoms with Crippen LogP contribution < -0.4 is 10.6 Å². The molecule has 0 saturated carbocycles. The van der Waals surface area contributed by atoms with Crippen molar-refractivity contribution >= 4 is 29.3 Å². The van der Waals surface area contributed by atoms with E-state index in [1.165, 1.54) is 0 Å². The number of nitrogens with one attached hydrogen (secondary N) is 2. The molecule has 1 saturated heterocycles. The number of carbonyl (C=O) groups excluding carboxylic acids is 4. The zero-order chi connectivity index (χ0) is 16.1. The van der Waals surface area contributed by atoms with E-state index in [-0.39, 0.29) is 43.5 Å². The van der Waals surface area contributed by atoms with Crippen LogP contribution in [0.4, 0.5) is 5.69 Å². The molecule has 0 atom stereocenters. The normalized spacial score (nSPS) is 14.1. The number of rotatable bonds is 5. The van der Waals surface area contributed by atoms with Crippen LogP contribution in [-0.2, 0) is 25.6 Å². The molecule has 1 aromatic rings. The summed E-state index contributed by atoms with van der Waals surface area (Å²) in [4.78, 5) is 46.9. The number of anilines is 1. The van der Waals surface area contributed by atoms with E-state index >= 15 is 0 Å². The lowest BCUT2D eigenvalue weighted by Gasteiger charge is -2.13. The summed E-state index contributed by atoms with van der Waals surface area (Å²) in [6.07, 6.45) is 0.599. The van der Waals surface area contributed by atoms with Gasteiger partial charge >= 0.3 is 0 Å². The number of nitrogens with zero attached hydrogens (tertiary/aromatic N) is 1. The van der Waals surface area contributed by atoms with Gasteiger partial charge in [-0.05, 0) is 17.7 Å². The monoisotopic (exact) mass is 303 g/mol. The van der Waals surface area contributed by atoms with E-state index in [1.54, 1.807) is 31.3 Å². The maximum Gasteiger partial charge on any atom is 0.244 e. The van der Waals surface area contributed by atoms with Gasteiger partial charge in [-0.15, -0.1) is 0 Å². The fourth-order valence-corrected chi connectivity index (χ4v) is 2.12. The summed E-state index contributed by atoms with van der Waals surface area (Å²) in [5.74, 6) is -1.16. The van der Waals surface area contributed by atoms with Crippen molar-refractivity contribution in [1.29, 1.82) is 0 Å². The van der Waals surface area contributed by atoms with E-state index in [0.29, 0.717) is 5.69 Å².